The van der Waals surface area contributed by atoms with Crippen molar-refractivity contribution in [3.63, 3.8) is 0 Å². The highest BCUT2D eigenvalue weighted by Crippen LogP contribution is 2.36. The summed E-state index contributed by atoms with van der Waals surface area (Å²) in [5.74, 6) is 1.30. The number of likely N-dealkylation sites (N-methyl/N-ethyl adjacent to an activating group) is 1. The number of carbonyl (C=O) groups is 1. The maximum absolute atomic E-state index is 11.6. The van der Waals surface area contributed by atoms with Crippen LogP contribution in [0.4, 0.5) is 11.4 Å². The van der Waals surface area contributed by atoms with Crippen molar-refractivity contribution in [1.29, 1.82) is 0 Å². The van der Waals surface area contributed by atoms with Crippen molar-refractivity contribution in [2.24, 2.45) is 0 Å². The van der Waals surface area contributed by atoms with Gasteiger partial charge < -0.3 is 24.8 Å². The van der Waals surface area contributed by atoms with Crippen LogP contribution in [0.3, 0.4) is 0 Å². The molecule has 0 bridgehead atoms. The molecule has 1 saturated heterocycles. The number of nitrogens with zero attached hydrogens (tertiary/aromatic N) is 4. The first-order valence-electron chi connectivity index (χ1n) is 11.3. The summed E-state index contributed by atoms with van der Waals surface area (Å²) < 4.78 is 6.10. The smallest absolute Gasteiger partial charge is 0.247 e. The molecular formula is C26H25ClN6O2. The highest BCUT2D eigenvalue weighted by atomic mass is 35.5. The fraction of sp³-hybridized carbons (Fsp3) is 0.192. The second kappa shape index (κ2) is 9.77. The minimum Gasteiger partial charge on any atom is -0.453 e. The van der Waals surface area contributed by atoms with Crippen LogP contribution in [0, 0.1) is 0 Å². The van der Waals surface area contributed by atoms with Gasteiger partial charge in [0.15, 0.2) is 11.4 Å². The molecule has 0 spiro atoms. The van der Waals surface area contributed by atoms with E-state index < -0.39 is 0 Å². The van der Waals surface area contributed by atoms with E-state index in [-0.39, 0.29) is 5.91 Å². The molecule has 9 heteroatoms. The van der Waals surface area contributed by atoms with E-state index in [9.17, 15) is 4.79 Å². The number of carbonyl (C=O) groups excluding carboxylic acids is 1. The molecule has 1 fully saturated rings. The van der Waals surface area contributed by atoms with E-state index in [2.05, 4.69) is 68.0 Å². The lowest BCUT2D eigenvalue weighted by molar-refractivity contribution is -0.111. The molecule has 0 atom stereocenters. The van der Waals surface area contributed by atoms with Crippen molar-refractivity contribution in [1.82, 2.24) is 19.9 Å². The minimum atomic E-state index is -0.302. The van der Waals surface area contributed by atoms with Gasteiger partial charge in [0.05, 0.1) is 6.20 Å². The van der Waals surface area contributed by atoms with Gasteiger partial charge in [0.25, 0.3) is 0 Å². The predicted molar refractivity (Wildman–Crippen MR) is 139 cm³/mol. The van der Waals surface area contributed by atoms with E-state index >= 15 is 0 Å². The first-order valence-corrected chi connectivity index (χ1v) is 11.7. The maximum Gasteiger partial charge on any atom is 0.247 e. The van der Waals surface area contributed by atoms with Gasteiger partial charge in [-0.1, -0.05) is 24.2 Å². The van der Waals surface area contributed by atoms with Crippen molar-refractivity contribution in [2.45, 2.75) is 0 Å². The molecule has 0 radical (unpaired) electrons. The van der Waals surface area contributed by atoms with Gasteiger partial charge in [-0.05, 0) is 49.5 Å². The number of hydrogen-bond donors (Lipinski definition) is 2. The molecular weight excluding hydrogens is 464 g/mol. The zero-order valence-corrected chi connectivity index (χ0v) is 20.0. The molecule has 178 valence electrons. The minimum absolute atomic E-state index is 0.302. The Morgan fingerprint density at radius 1 is 1.17 bits per heavy atom. The van der Waals surface area contributed by atoms with Gasteiger partial charge in [-0.15, -0.1) is 0 Å². The molecule has 0 unspecified atom stereocenters. The van der Waals surface area contributed by atoms with Crippen molar-refractivity contribution in [3.8, 4) is 22.9 Å². The Balaban J connectivity index is 1.41. The van der Waals surface area contributed by atoms with E-state index in [1.165, 1.54) is 18.0 Å². The second-order valence-electron chi connectivity index (χ2n) is 8.38. The molecule has 35 heavy (non-hydrogen) atoms. The summed E-state index contributed by atoms with van der Waals surface area (Å²) in [5, 5.41) is 3.06. The lowest BCUT2D eigenvalue weighted by Gasteiger charge is -2.34. The average molecular weight is 489 g/mol. The molecule has 0 aliphatic carbocycles. The fourth-order valence-corrected chi connectivity index (χ4v) is 4.17. The third kappa shape index (κ3) is 4.99. The number of H-pyrrole nitrogens is 1. The van der Waals surface area contributed by atoms with Crippen LogP contribution in [-0.2, 0) is 4.79 Å². The Morgan fingerprint density at radius 2 is 1.94 bits per heavy atom. The summed E-state index contributed by atoms with van der Waals surface area (Å²) in [6.45, 7) is 7.62. The van der Waals surface area contributed by atoms with Crippen LogP contribution in [0.1, 0.15) is 0 Å². The molecule has 2 aromatic carbocycles. The first-order chi connectivity index (χ1) is 17.0. The Morgan fingerprint density at radius 3 is 2.69 bits per heavy atom. The Labute approximate surface area is 208 Å². The van der Waals surface area contributed by atoms with Gasteiger partial charge >= 0.3 is 0 Å². The van der Waals surface area contributed by atoms with Gasteiger partial charge in [-0.2, -0.15) is 0 Å². The van der Waals surface area contributed by atoms with E-state index in [1.54, 1.807) is 24.3 Å². The van der Waals surface area contributed by atoms with Crippen LogP contribution in [0.5, 0.6) is 11.5 Å². The van der Waals surface area contributed by atoms with Crippen LogP contribution < -0.4 is 15.0 Å². The van der Waals surface area contributed by atoms with Crippen molar-refractivity contribution in [2.75, 3.05) is 43.4 Å². The Kier molecular flexibility index (Phi) is 6.39. The monoisotopic (exact) mass is 488 g/mol. The van der Waals surface area contributed by atoms with Crippen molar-refractivity contribution >= 4 is 40.0 Å². The maximum atomic E-state index is 11.6. The van der Waals surface area contributed by atoms with Crippen LogP contribution in [-0.4, -0.2) is 59.0 Å². The SMILES string of the molecule is C=CC(=O)Nc1cccc(Oc2c(Cl)cnc3nc(-c4ccc(N5CCN(C)CC5)cc4)[nH]c23)c1. The van der Waals surface area contributed by atoms with Crippen LogP contribution in [0.25, 0.3) is 22.6 Å². The molecule has 2 N–H and O–H groups in total. The number of anilines is 2. The molecule has 1 aliphatic heterocycles. The Bertz CT molecular complexity index is 1380. The lowest BCUT2D eigenvalue weighted by Crippen LogP contribution is -2.44. The highest BCUT2D eigenvalue weighted by molar-refractivity contribution is 6.32. The molecule has 4 aromatic rings. The van der Waals surface area contributed by atoms with Crippen LogP contribution in [0.15, 0.2) is 67.4 Å². The quantitative estimate of drug-likeness (QED) is 0.373. The number of aromatic nitrogens is 3. The van der Waals surface area contributed by atoms with Crippen molar-refractivity contribution in [3.05, 3.63) is 72.4 Å². The van der Waals surface area contributed by atoms with Gasteiger partial charge in [0.1, 0.15) is 22.1 Å². The summed E-state index contributed by atoms with van der Waals surface area (Å²) in [6, 6.07) is 15.4. The number of amides is 1. The molecule has 5 rings (SSSR count). The third-order valence-electron chi connectivity index (χ3n) is 5.94. The molecule has 0 saturated carbocycles. The highest BCUT2D eigenvalue weighted by Gasteiger charge is 2.17. The van der Waals surface area contributed by atoms with Crippen molar-refractivity contribution < 1.29 is 9.53 Å². The number of benzene rings is 2. The molecule has 2 aromatic heterocycles. The first kappa shape index (κ1) is 22.9. The number of hydrogen-bond acceptors (Lipinski definition) is 6. The van der Waals surface area contributed by atoms with Gasteiger partial charge in [-0.3, -0.25) is 4.79 Å². The zero-order chi connectivity index (χ0) is 24.4. The summed E-state index contributed by atoms with van der Waals surface area (Å²) in [7, 11) is 2.15. The molecule has 8 nitrogen and oxygen atoms in total. The number of ether oxygens (including phenoxy) is 1. The average Bonchev–Trinajstić information content (AvgIpc) is 3.31. The number of aromatic amines is 1. The second-order valence-corrected chi connectivity index (χ2v) is 8.79. The van der Waals surface area contributed by atoms with Gasteiger partial charge in [0, 0.05) is 49.2 Å². The number of fused-ring (bicyclic) bond motifs is 1. The standard InChI is InChI=1S/C26H25ClN6O2/c1-3-22(34)29-18-5-4-6-20(15-18)35-24-21(27)16-28-26-23(24)30-25(31-26)17-7-9-19(10-8-17)33-13-11-32(2)12-14-33/h3-10,15-16H,1,11-14H2,2H3,(H,29,34)(H,28,30,31). The fourth-order valence-electron chi connectivity index (χ4n) is 3.99. The number of halogens is 1. The number of imidazole rings is 1. The van der Waals surface area contributed by atoms with Gasteiger partial charge in [-0.25, -0.2) is 9.97 Å². The molecule has 1 amide bonds. The van der Waals surface area contributed by atoms with E-state index in [0.29, 0.717) is 39.2 Å². The largest absolute Gasteiger partial charge is 0.453 e. The number of rotatable bonds is 6. The third-order valence-corrected chi connectivity index (χ3v) is 6.21. The zero-order valence-electron chi connectivity index (χ0n) is 19.3. The lowest BCUT2D eigenvalue weighted by atomic mass is 10.1. The summed E-state index contributed by atoms with van der Waals surface area (Å²) in [4.78, 5) is 28.7. The van der Waals surface area contributed by atoms with E-state index in [0.717, 1.165) is 31.7 Å². The summed E-state index contributed by atoms with van der Waals surface area (Å²) in [6.07, 6.45) is 2.73. The Hall–Kier alpha value is -3.88. The normalized spacial score (nSPS) is 14.2. The molecule has 3 heterocycles. The number of piperazine rings is 1. The van der Waals surface area contributed by atoms with E-state index in [4.69, 9.17) is 16.3 Å². The van der Waals surface area contributed by atoms with Crippen LogP contribution in [0.2, 0.25) is 5.02 Å². The van der Waals surface area contributed by atoms with E-state index in [1.807, 2.05) is 0 Å². The number of pyridine rings is 1. The topological polar surface area (TPSA) is 86.4 Å². The summed E-state index contributed by atoms with van der Waals surface area (Å²) in [5.41, 5.74) is 3.82. The van der Waals surface area contributed by atoms with Gasteiger partial charge in [0.2, 0.25) is 5.91 Å². The summed E-state index contributed by atoms with van der Waals surface area (Å²) >= 11 is 6.44. The van der Waals surface area contributed by atoms with Crippen LogP contribution >= 0.6 is 11.6 Å². The molecule has 1 aliphatic rings. The predicted octanol–water partition coefficient (Wildman–Crippen LogP) is 4.95. The number of nitrogens with one attached hydrogen (secondary N) is 2.